The number of hydrogen-bond donors (Lipinski definition) is 0. The second kappa shape index (κ2) is 9.69. The summed E-state index contributed by atoms with van der Waals surface area (Å²) in [6.45, 7) is 13.8. The molecule has 6 heteroatoms. The number of nitrogens with zero attached hydrogens (tertiary/aromatic N) is 3. The summed E-state index contributed by atoms with van der Waals surface area (Å²) in [5.41, 5.74) is 7.91. The van der Waals surface area contributed by atoms with Gasteiger partial charge in [0.1, 0.15) is 5.69 Å². The van der Waals surface area contributed by atoms with E-state index in [2.05, 4.69) is 46.8 Å². The minimum absolute atomic E-state index is 0.142. The number of pyridine rings is 2. The zero-order valence-electron chi connectivity index (χ0n) is 19.6. The van der Waals surface area contributed by atoms with E-state index in [0.717, 1.165) is 51.0 Å². The first-order chi connectivity index (χ1) is 15.5. The van der Waals surface area contributed by atoms with Crippen molar-refractivity contribution in [3.05, 3.63) is 93.6 Å². The monoisotopic (exact) mass is 451 g/mol. The highest BCUT2D eigenvalue weighted by Gasteiger charge is 2.32. The molecule has 2 aromatic heterocycles. The van der Waals surface area contributed by atoms with Crippen LogP contribution in [-0.4, -0.2) is 16.7 Å². The van der Waals surface area contributed by atoms with Crippen LogP contribution in [0.3, 0.4) is 0 Å². The lowest BCUT2D eigenvalue weighted by Gasteiger charge is -2.18. The fourth-order valence-electron chi connectivity index (χ4n) is 3.96. The van der Waals surface area contributed by atoms with E-state index in [-0.39, 0.29) is 5.92 Å². The molecule has 33 heavy (non-hydrogen) atoms. The van der Waals surface area contributed by atoms with Crippen LogP contribution >= 0.6 is 0 Å². The maximum atomic E-state index is 12.8. The second-order valence-electron chi connectivity index (χ2n) is 8.42. The Morgan fingerprint density at radius 1 is 1.06 bits per heavy atom. The van der Waals surface area contributed by atoms with Crippen molar-refractivity contribution in [2.45, 2.75) is 53.1 Å². The average molecular weight is 452 g/mol. The van der Waals surface area contributed by atoms with Crippen molar-refractivity contribution in [2.24, 2.45) is 4.99 Å². The van der Waals surface area contributed by atoms with Crippen LogP contribution in [0.5, 0.6) is 0 Å². The number of benzene rings is 1. The van der Waals surface area contributed by atoms with Crippen LogP contribution < -0.4 is 0 Å². The Labute approximate surface area is 193 Å². The normalized spacial score (nSPS) is 13.5. The number of hydrogen-bond acceptors (Lipinski definition) is 3. The molecule has 0 aliphatic rings. The molecular formula is C27H28F3N3. The van der Waals surface area contributed by atoms with Crippen molar-refractivity contribution in [2.75, 3.05) is 0 Å². The molecule has 1 aromatic carbocycles. The Bertz CT molecular complexity index is 1190. The van der Waals surface area contributed by atoms with Gasteiger partial charge in [0.25, 0.3) is 0 Å². The average Bonchev–Trinajstić information content (AvgIpc) is 2.77. The van der Waals surface area contributed by atoms with Crippen LogP contribution in [0.25, 0.3) is 5.57 Å². The standard InChI is InChI=1S/C27H28F3N3/c1-16(13-21-8-12-26(32-15-21)27(28,29)30)18(3)24-14-22(9-11-25(24)31-6)19(4)23-10-7-17(2)33-20(23)5/h7-12,14-15,19H,6,13H2,1-5H3/b18-16+. The Hall–Kier alpha value is -3.28. The summed E-state index contributed by atoms with van der Waals surface area (Å²) in [6.07, 6.45) is -2.65. The number of aromatic nitrogens is 2. The SMILES string of the molecule is C=Nc1ccc(C(C)c2ccc(C)nc2C)cc1/C(C)=C(\C)Cc1ccc(C(F)(F)F)nc1. The topological polar surface area (TPSA) is 38.1 Å². The molecule has 3 aromatic rings. The smallest absolute Gasteiger partial charge is 0.264 e. The van der Waals surface area contributed by atoms with Gasteiger partial charge in [-0.2, -0.15) is 13.2 Å². The van der Waals surface area contributed by atoms with E-state index in [4.69, 9.17) is 0 Å². The number of alkyl halides is 3. The summed E-state index contributed by atoms with van der Waals surface area (Å²) in [7, 11) is 0. The van der Waals surface area contributed by atoms with Gasteiger partial charge in [-0.1, -0.05) is 30.7 Å². The number of rotatable bonds is 6. The van der Waals surface area contributed by atoms with Crippen LogP contribution in [0, 0.1) is 13.8 Å². The van der Waals surface area contributed by atoms with Gasteiger partial charge in [0.2, 0.25) is 0 Å². The van der Waals surface area contributed by atoms with Gasteiger partial charge in [-0.3, -0.25) is 15.0 Å². The molecule has 172 valence electrons. The first kappa shape index (κ1) is 24.4. The zero-order chi connectivity index (χ0) is 24.3. The maximum absolute atomic E-state index is 12.8. The molecule has 2 heterocycles. The van der Waals surface area contributed by atoms with Gasteiger partial charge in [-0.25, -0.2) is 0 Å². The Kier molecular flexibility index (Phi) is 7.15. The minimum atomic E-state index is -4.44. The summed E-state index contributed by atoms with van der Waals surface area (Å²) in [6, 6.07) is 12.8. The van der Waals surface area contributed by atoms with Crippen molar-refractivity contribution in [3.8, 4) is 0 Å². The lowest BCUT2D eigenvalue weighted by molar-refractivity contribution is -0.141. The largest absolute Gasteiger partial charge is 0.433 e. The lowest BCUT2D eigenvalue weighted by atomic mass is 9.88. The molecular weight excluding hydrogens is 423 g/mol. The van der Waals surface area contributed by atoms with E-state index in [9.17, 15) is 13.2 Å². The highest BCUT2D eigenvalue weighted by molar-refractivity contribution is 5.77. The number of aliphatic imine (C=N–C) groups is 1. The predicted octanol–water partition coefficient (Wildman–Crippen LogP) is 7.63. The van der Waals surface area contributed by atoms with Crippen LogP contribution in [0.4, 0.5) is 18.9 Å². The molecule has 1 unspecified atom stereocenters. The Morgan fingerprint density at radius 2 is 1.79 bits per heavy atom. The van der Waals surface area contributed by atoms with Crippen molar-refractivity contribution in [1.29, 1.82) is 0 Å². The van der Waals surface area contributed by atoms with Crippen LogP contribution in [0.1, 0.15) is 66.0 Å². The summed E-state index contributed by atoms with van der Waals surface area (Å²) in [5.74, 6) is 0.142. The van der Waals surface area contributed by atoms with Crippen LogP contribution in [0.2, 0.25) is 0 Å². The first-order valence-electron chi connectivity index (χ1n) is 10.7. The molecule has 0 amide bonds. The van der Waals surface area contributed by atoms with Gasteiger partial charge >= 0.3 is 6.18 Å². The van der Waals surface area contributed by atoms with E-state index < -0.39 is 11.9 Å². The molecule has 0 aliphatic heterocycles. The van der Waals surface area contributed by atoms with Crippen molar-refractivity contribution in [3.63, 3.8) is 0 Å². The van der Waals surface area contributed by atoms with Gasteiger partial charge in [-0.05, 0) is 87.4 Å². The summed E-state index contributed by atoms with van der Waals surface area (Å²) in [4.78, 5) is 12.4. The number of halogens is 3. The van der Waals surface area contributed by atoms with Crippen LogP contribution in [-0.2, 0) is 12.6 Å². The third kappa shape index (κ3) is 5.56. The van der Waals surface area contributed by atoms with Gasteiger partial charge in [-0.15, -0.1) is 0 Å². The molecule has 0 saturated heterocycles. The zero-order valence-corrected chi connectivity index (χ0v) is 19.6. The molecule has 3 rings (SSSR count). The second-order valence-corrected chi connectivity index (χ2v) is 8.42. The maximum Gasteiger partial charge on any atom is 0.433 e. The van der Waals surface area contributed by atoms with E-state index in [0.29, 0.717) is 6.42 Å². The first-order valence-corrected chi connectivity index (χ1v) is 10.7. The van der Waals surface area contributed by atoms with Crippen molar-refractivity contribution >= 4 is 18.0 Å². The molecule has 0 N–H and O–H groups in total. The van der Waals surface area contributed by atoms with Gasteiger partial charge < -0.3 is 0 Å². The Morgan fingerprint density at radius 3 is 2.36 bits per heavy atom. The van der Waals surface area contributed by atoms with E-state index in [1.165, 1.54) is 17.8 Å². The van der Waals surface area contributed by atoms with E-state index in [1.54, 1.807) is 0 Å². The van der Waals surface area contributed by atoms with E-state index >= 15 is 0 Å². The van der Waals surface area contributed by atoms with Gasteiger partial charge in [0, 0.05) is 29.1 Å². The molecule has 0 radical (unpaired) electrons. The molecule has 0 bridgehead atoms. The number of aryl methyl sites for hydroxylation is 2. The van der Waals surface area contributed by atoms with Crippen molar-refractivity contribution in [1.82, 2.24) is 9.97 Å². The predicted molar refractivity (Wildman–Crippen MR) is 128 cm³/mol. The lowest BCUT2D eigenvalue weighted by Crippen LogP contribution is -2.07. The molecule has 0 saturated carbocycles. The molecule has 1 atom stereocenters. The van der Waals surface area contributed by atoms with Crippen LogP contribution in [0.15, 0.2) is 59.2 Å². The number of allylic oxidation sites excluding steroid dienone is 2. The summed E-state index contributed by atoms with van der Waals surface area (Å²) < 4.78 is 38.4. The quantitative estimate of drug-likeness (QED) is 0.361. The molecule has 3 nitrogen and oxygen atoms in total. The summed E-state index contributed by atoms with van der Waals surface area (Å²) in [5, 5.41) is 0. The molecule has 0 spiro atoms. The van der Waals surface area contributed by atoms with Gasteiger partial charge in [0.15, 0.2) is 0 Å². The molecule has 0 aliphatic carbocycles. The Balaban J connectivity index is 1.94. The van der Waals surface area contributed by atoms with Crippen molar-refractivity contribution < 1.29 is 13.2 Å². The van der Waals surface area contributed by atoms with E-state index in [1.807, 2.05) is 39.8 Å². The fourth-order valence-corrected chi connectivity index (χ4v) is 3.96. The molecule has 0 fully saturated rings. The third-order valence-electron chi connectivity index (χ3n) is 6.05. The third-order valence-corrected chi connectivity index (χ3v) is 6.05. The minimum Gasteiger partial charge on any atom is -0.264 e. The highest BCUT2D eigenvalue weighted by Crippen LogP contribution is 2.35. The fraction of sp³-hybridized carbons (Fsp3) is 0.296. The van der Waals surface area contributed by atoms with Gasteiger partial charge in [0.05, 0.1) is 5.69 Å². The highest BCUT2D eigenvalue weighted by atomic mass is 19.4. The summed E-state index contributed by atoms with van der Waals surface area (Å²) >= 11 is 0.